The number of rotatable bonds is 8. The van der Waals surface area contributed by atoms with Crippen LogP contribution in [-0.4, -0.2) is 44.0 Å². The molecule has 0 bridgehead atoms. The molecule has 3 rings (SSSR count). The highest BCUT2D eigenvalue weighted by molar-refractivity contribution is 5.86. The maximum absolute atomic E-state index is 13.0. The van der Waals surface area contributed by atoms with Crippen molar-refractivity contribution < 1.29 is 28.8 Å². The average molecular weight is 427 g/mol. The number of hydrogen-bond donors (Lipinski definition) is 2. The zero-order valence-electron chi connectivity index (χ0n) is 17.9. The number of fused-ring (bicyclic) bond motifs is 1. The molecule has 2 N–H and O–H groups in total. The highest BCUT2D eigenvalue weighted by atomic mass is 16.5. The molecule has 0 aliphatic rings. The molecule has 164 valence electrons. The minimum Gasteiger partial charge on any atom is -0.507 e. The van der Waals surface area contributed by atoms with Crippen LogP contribution in [0.25, 0.3) is 10.9 Å². The Morgan fingerprint density at radius 1 is 1.06 bits per heavy atom. The van der Waals surface area contributed by atoms with Crippen molar-refractivity contribution in [1.82, 2.24) is 4.98 Å². The Bertz CT molecular complexity index is 1130. The van der Waals surface area contributed by atoms with Gasteiger partial charge in [-0.05, 0) is 36.8 Å². The maximum Gasteiger partial charge on any atom is 0.306 e. The van der Waals surface area contributed by atoms with E-state index in [1.165, 1.54) is 21.3 Å². The van der Waals surface area contributed by atoms with Crippen LogP contribution in [0.4, 0.5) is 0 Å². The van der Waals surface area contributed by atoms with Crippen LogP contribution >= 0.6 is 0 Å². The molecule has 0 fully saturated rings. The zero-order chi connectivity index (χ0) is 22.5. The fourth-order valence-electron chi connectivity index (χ4n) is 3.64. The Balaban J connectivity index is 2.27. The topological polar surface area (TPSA) is 107 Å². The highest BCUT2D eigenvalue weighted by Gasteiger charge is 2.28. The number of methoxy groups -OCH3 is 3. The Kier molecular flexibility index (Phi) is 6.69. The van der Waals surface area contributed by atoms with E-state index in [0.29, 0.717) is 33.7 Å². The van der Waals surface area contributed by atoms with Gasteiger partial charge in [0.2, 0.25) is 5.75 Å². The van der Waals surface area contributed by atoms with E-state index < -0.39 is 17.4 Å². The number of aromatic amines is 1. The second-order valence-corrected chi connectivity index (χ2v) is 6.78. The first-order valence-corrected chi connectivity index (χ1v) is 9.74. The molecule has 0 aliphatic heterocycles. The van der Waals surface area contributed by atoms with Crippen molar-refractivity contribution >= 4 is 16.9 Å². The molecular weight excluding hydrogens is 402 g/mol. The van der Waals surface area contributed by atoms with Gasteiger partial charge >= 0.3 is 5.97 Å². The second kappa shape index (κ2) is 9.42. The number of para-hydroxylation sites is 1. The summed E-state index contributed by atoms with van der Waals surface area (Å²) >= 11 is 0. The summed E-state index contributed by atoms with van der Waals surface area (Å²) in [4.78, 5) is 28.2. The normalized spacial score (nSPS) is 11.7. The Morgan fingerprint density at radius 3 is 2.29 bits per heavy atom. The van der Waals surface area contributed by atoms with Gasteiger partial charge in [0.05, 0.1) is 45.4 Å². The van der Waals surface area contributed by atoms with Crippen molar-refractivity contribution in [2.45, 2.75) is 19.3 Å². The molecule has 0 radical (unpaired) electrons. The fraction of sp³-hybridized carbons (Fsp3) is 0.304. The number of nitrogens with one attached hydrogen (secondary N) is 1. The number of ether oxygens (including phenoxy) is 4. The molecule has 1 atom stereocenters. The third-order valence-electron chi connectivity index (χ3n) is 5.04. The smallest absolute Gasteiger partial charge is 0.306 e. The van der Waals surface area contributed by atoms with Gasteiger partial charge in [-0.1, -0.05) is 12.1 Å². The van der Waals surface area contributed by atoms with E-state index >= 15 is 0 Å². The van der Waals surface area contributed by atoms with Crippen LogP contribution in [0.2, 0.25) is 0 Å². The fourth-order valence-corrected chi connectivity index (χ4v) is 3.64. The largest absolute Gasteiger partial charge is 0.507 e. The van der Waals surface area contributed by atoms with E-state index in [1.807, 2.05) is 0 Å². The van der Waals surface area contributed by atoms with Crippen LogP contribution in [0.3, 0.4) is 0 Å². The van der Waals surface area contributed by atoms with Gasteiger partial charge < -0.3 is 29.0 Å². The molecule has 8 nitrogen and oxygen atoms in total. The zero-order valence-corrected chi connectivity index (χ0v) is 17.9. The second-order valence-electron chi connectivity index (χ2n) is 6.78. The number of aromatic nitrogens is 1. The predicted molar refractivity (Wildman–Crippen MR) is 115 cm³/mol. The molecule has 0 saturated carbocycles. The lowest BCUT2D eigenvalue weighted by molar-refractivity contribution is -0.143. The molecule has 0 unspecified atom stereocenters. The van der Waals surface area contributed by atoms with Gasteiger partial charge in [-0.15, -0.1) is 0 Å². The van der Waals surface area contributed by atoms with Crippen molar-refractivity contribution in [3.05, 3.63) is 57.9 Å². The van der Waals surface area contributed by atoms with Gasteiger partial charge in [-0.3, -0.25) is 9.59 Å². The lowest BCUT2D eigenvalue weighted by Gasteiger charge is -2.21. The molecule has 31 heavy (non-hydrogen) atoms. The first-order valence-electron chi connectivity index (χ1n) is 9.74. The number of H-pyrrole nitrogens is 1. The van der Waals surface area contributed by atoms with Crippen molar-refractivity contribution in [1.29, 1.82) is 0 Å². The van der Waals surface area contributed by atoms with E-state index in [4.69, 9.17) is 18.9 Å². The van der Waals surface area contributed by atoms with E-state index in [9.17, 15) is 14.7 Å². The summed E-state index contributed by atoms with van der Waals surface area (Å²) in [6.45, 7) is 1.90. The summed E-state index contributed by atoms with van der Waals surface area (Å²) in [5.41, 5.74) is 0.576. The SMILES string of the molecule is CCOC(=O)C[C@@H](c1cc(OC)c(OC)c(OC)c1)c1c(O)c2ccccc2[nH]c1=O. The summed E-state index contributed by atoms with van der Waals surface area (Å²) in [5.74, 6) is -0.415. The molecule has 0 saturated heterocycles. The summed E-state index contributed by atoms with van der Waals surface area (Å²) in [5, 5.41) is 11.5. The number of benzene rings is 2. The van der Waals surface area contributed by atoms with Crippen molar-refractivity contribution in [3.63, 3.8) is 0 Å². The molecular formula is C23H25NO7. The molecule has 0 spiro atoms. The van der Waals surface area contributed by atoms with E-state index in [1.54, 1.807) is 43.3 Å². The van der Waals surface area contributed by atoms with Gasteiger partial charge in [0.15, 0.2) is 11.5 Å². The van der Waals surface area contributed by atoms with Gasteiger partial charge in [0.1, 0.15) is 5.75 Å². The summed E-state index contributed by atoms with van der Waals surface area (Å²) < 4.78 is 21.3. The molecule has 0 amide bonds. The average Bonchev–Trinajstić information content (AvgIpc) is 2.77. The Hall–Kier alpha value is -3.68. The quantitative estimate of drug-likeness (QED) is 0.531. The third-order valence-corrected chi connectivity index (χ3v) is 5.04. The molecule has 8 heteroatoms. The molecule has 1 aromatic heterocycles. The first-order chi connectivity index (χ1) is 14.9. The third kappa shape index (κ3) is 4.28. The van der Waals surface area contributed by atoms with Crippen LogP contribution in [0, 0.1) is 0 Å². The number of aromatic hydroxyl groups is 1. The van der Waals surface area contributed by atoms with Crippen LogP contribution in [0.1, 0.15) is 30.4 Å². The van der Waals surface area contributed by atoms with Crippen LogP contribution in [0.5, 0.6) is 23.0 Å². The minimum absolute atomic E-state index is 0.0565. The number of esters is 1. The molecule has 1 heterocycles. The molecule has 3 aromatic rings. The van der Waals surface area contributed by atoms with Crippen molar-refractivity contribution in [3.8, 4) is 23.0 Å². The summed E-state index contributed by atoms with van der Waals surface area (Å²) in [6.07, 6.45) is -0.165. The van der Waals surface area contributed by atoms with Gasteiger partial charge in [0, 0.05) is 11.3 Å². The molecule has 2 aromatic carbocycles. The highest BCUT2D eigenvalue weighted by Crippen LogP contribution is 2.43. The van der Waals surface area contributed by atoms with E-state index in [0.717, 1.165) is 0 Å². The lowest BCUT2D eigenvalue weighted by atomic mass is 9.87. The van der Waals surface area contributed by atoms with Crippen molar-refractivity contribution in [2.24, 2.45) is 0 Å². The number of carbonyl (C=O) groups is 1. The maximum atomic E-state index is 13.0. The standard InChI is InChI=1S/C23H25NO7/c1-5-31-19(25)12-15(13-10-17(28-2)22(30-4)18(11-13)29-3)20-21(26)14-8-6-7-9-16(14)24-23(20)27/h6-11,15H,5,12H2,1-4H3,(H2,24,26,27)/t15-/m0/s1. The number of hydrogen-bond acceptors (Lipinski definition) is 7. The van der Waals surface area contributed by atoms with Gasteiger partial charge in [0.25, 0.3) is 5.56 Å². The first kappa shape index (κ1) is 22.0. The van der Waals surface area contributed by atoms with Gasteiger partial charge in [-0.25, -0.2) is 0 Å². The number of pyridine rings is 1. The van der Waals surface area contributed by atoms with E-state index in [-0.39, 0.29) is 24.3 Å². The Labute approximate surface area is 179 Å². The van der Waals surface area contributed by atoms with E-state index in [2.05, 4.69) is 4.98 Å². The predicted octanol–water partition coefficient (Wildman–Crippen LogP) is 3.34. The van der Waals surface area contributed by atoms with Gasteiger partial charge in [-0.2, -0.15) is 0 Å². The van der Waals surface area contributed by atoms with Crippen LogP contribution in [-0.2, 0) is 9.53 Å². The monoisotopic (exact) mass is 427 g/mol. The van der Waals surface area contributed by atoms with Crippen molar-refractivity contribution in [2.75, 3.05) is 27.9 Å². The van der Waals surface area contributed by atoms with Crippen LogP contribution < -0.4 is 19.8 Å². The minimum atomic E-state index is -0.818. The lowest BCUT2D eigenvalue weighted by Crippen LogP contribution is -2.21. The summed E-state index contributed by atoms with van der Waals surface area (Å²) in [7, 11) is 4.43. The van der Waals surface area contributed by atoms with Crippen LogP contribution in [0.15, 0.2) is 41.2 Å². The Morgan fingerprint density at radius 2 is 1.71 bits per heavy atom. The number of carbonyl (C=O) groups excluding carboxylic acids is 1. The summed E-state index contributed by atoms with van der Waals surface area (Å²) in [6, 6.07) is 10.2. The molecule has 0 aliphatic carbocycles.